The molecule has 1 rings (SSSR count). The number of carboxylic acids is 1. The van der Waals surface area contributed by atoms with Gasteiger partial charge in [-0.15, -0.1) is 47.6 Å². The normalized spacial score (nSPS) is 17.1. The highest BCUT2D eigenvalue weighted by molar-refractivity contribution is 7.22. The topological polar surface area (TPSA) is 81.7 Å². The van der Waals surface area contributed by atoms with E-state index < -0.39 is 12.0 Å². The van der Waals surface area contributed by atoms with E-state index in [4.69, 9.17) is 5.11 Å². The minimum atomic E-state index is -0.824. The molecule has 0 aromatic heterocycles. The molecule has 0 saturated heterocycles. The number of allylic oxidation sites excluding steroid dienone is 7. The number of nitrogens with zero attached hydrogens (tertiary/aromatic N) is 1. The number of hydrogen-bond acceptors (Lipinski definition) is 5. The van der Waals surface area contributed by atoms with Gasteiger partial charge in [0.05, 0.1) is 5.70 Å². The summed E-state index contributed by atoms with van der Waals surface area (Å²) in [5, 5.41) is 16.3. The molecule has 3 N–H and O–H groups in total. The highest BCUT2D eigenvalue weighted by Gasteiger charge is 2.16. The van der Waals surface area contributed by atoms with Crippen LogP contribution in [0.2, 0.25) is 0 Å². The van der Waals surface area contributed by atoms with Crippen LogP contribution >= 0.6 is 9.24 Å². The van der Waals surface area contributed by atoms with E-state index in [0.29, 0.717) is 18.7 Å². The Kier molecular flexibility index (Phi) is 28.9. The molecule has 0 fully saturated rings. The molecule has 0 saturated carbocycles. The second-order valence-electron chi connectivity index (χ2n) is 7.07. The number of carboxylic acid groups (broad SMARTS) is 1. The molecule has 0 aromatic carbocycles. The monoisotopic (exact) mass is 513 g/mol. The van der Waals surface area contributed by atoms with Crippen molar-refractivity contribution < 1.29 is 14.7 Å². The summed E-state index contributed by atoms with van der Waals surface area (Å²) in [6.45, 7) is 13.2. The van der Waals surface area contributed by atoms with Crippen molar-refractivity contribution in [2.45, 2.75) is 45.6 Å². The Bertz CT molecular complexity index is 817. The molecule has 2 atom stereocenters. The lowest BCUT2D eigenvalue weighted by atomic mass is 10.1. The number of aliphatic carboxylic acids is 1. The van der Waals surface area contributed by atoms with Crippen molar-refractivity contribution in [2.24, 2.45) is 0 Å². The molecule has 7 heteroatoms. The number of terminal acetylenes is 2. The molecule has 198 valence electrons. The van der Waals surface area contributed by atoms with E-state index in [9.17, 15) is 9.59 Å². The average Bonchev–Trinajstić information content (AvgIpc) is 2.88. The van der Waals surface area contributed by atoms with Crippen LogP contribution in [0.4, 0.5) is 0 Å². The fourth-order valence-corrected chi connectivity index (χ4v) is 2.97. The summed E-state index contributed by atoms with van der Waals surface area (Å²) in [6, 6.07) is -0.546. The lowest BCUT2D eigenvalue weighted by Gasteiger charge is -2.20. The van der Waals surface area contributed by atoms with Crippen molar-refractivity contribution >= 4 is 21.5 Å². The van der Waals surface area contributed by atoms with Crippen molar-refractivity contribution in [3.05, 3.63) is 72.4 Å². The Hall–Kier alpha value is -3.31. The number of carbonyl (C=O) groups is 2. The van der Waals surface area contributed by atoms with Crippen LogP contribution in [0.25, 0.3) is 0 Å². The van der Waals surface area contributed by atoms with Crippen LogP contribution < -0.4 is 10.6 Å². The highest BCUT2D eigenvalue weighted by atomic mass is 31.0. The molecule has 1 unspecified atom stereocenters. The summed E-state index contributed by atoms with van der Waals surface area (Å²) >= 11 is 0. The Labute approximate surface area is 221 Å². The largest absolute Gasteiger partial charge is 0.480 e. The second-order valence-corrected chi connectivity index (χ2v) is 7.81. The highest BCUT2D eigenvalue weighted by Crippen LogP contribution is 2.13. The number of carbonyl (C=O) groups excluding carboxylic acids is 1. The van der Waals surface area contributed by atoms with E-state index in [-0.39, 0.29) is 0 Å². The van der Waals surface area contributed by atoms with E-state index in [1.54, 1.807) is 26.1 Å². The van der Waals surface area contributed by atoms with Crippen LogP contribution in [0.1, 0.15) is 39.5 Å². The van der Waals surface area contributed by atoms with E-state index in [1.807, 2.05) is 24.0 Å². The van der Waals surface area contributed by atoms with E-state index in [2.05, 4.69) is 76.4 Å². The zero-order valence-corrected chi connectivity index (χ0v) is 23.2. The Morgan fingerprint density at radius 3 is 2.44 bits per heavy atom. The van der Waals surface area contributed by atoms with Crippen molar-refractivity contribution in [2.75, 3.05) is 26.7 Å². The molecule has 0 aliphatic carbocycles. The molecule has 1 aliphatic heterocycles. The first-order chi connectivity index (χ1) is 17.3. The number of rotatable bonds is 11. The summed E-state index contributed by atoms with van der Waals surface area (Å²) in [5.41, 5.74) is 1.68. The van der Waals surface area contributed by atoms with Gasteiger partial charge in [-0.25, -0.2) is 0 Å². The first kappa shape index (κ1) is 37.2. The third-order valence-electron chi connectivity index (χ3n) is 4.50. The lowest BCUT2D eigenvalue weighted by molar-refractivity contribution is -0.139. The van der Waals surface area contributed by atoms with E-state index >= 15 is 0 Å². The quantitative estimate of drug-likeness (QED) is 0.122. The van der Waals surface area contributed by atoms with Crippen LogP contribution in [-0.2, 0) is 9.59 Å². The SMILES string of the molecule is C#C.C#CC.C=CC/C=C(/C=O)N(CC)CC=C.CN[C@H](C/C1=C/C/C=C\C/C(P)=C\CN1)C(=O)O. The summed E-state index contributed by atoms with van der Waals surface area (Å²) in [6.07, 6.45) is 30.2. The molecule has 0 aromatic rings. The van der Waals surface area contributed by atoms with Gasteiger partial charge < -0.3 is 20.6 Å². The minimum Gasteiger partial charge on any atom is -0.480 e. The van der Waals surface area contributed by atoms with Crippen molar-refractivity contribution in [1.29, 1.82) is 0 Å². The molecule has 36 heavy (non-hydrogen) atoms. The van der Waals surface area contributed by atoms with Gasteiger partial charge in [-0.2, -0.15) is 0 Å². The van der Waals surface area contributed by atoms with Gasteiger partial charge in [0.1, 0.15) is 6.04 Å². The minimum absolute atomic E-state index is 0.472. The van der Waals surface area contributed by atoms with Crippen LogP contribution in [0.3, 0.4) is 0 Å². The molecular formula is C29H44N3O3P. The number of nitrogens with one attached hydrogen (secondary N) is 2. The fraction of sp³-hybridized carbons (Fsp3) is 0.379. The summed E-state index contributed by atoms with van der Waals surface area (Å²) in [7, 11) is 4.38. The maximum Gasteiger partial charge on any atom is 0.321 e. The summed E-state index contributed by atoms with van der Waals surface area (Å²) < 4.78 is 0. The van der Waals surface area contributed by atoms with Gasteiger partial charge in [-0.1, -0.05) is 47.8 Å². The van der Waals surface area contributed by atoms with Gasteiger partial charge in [-0.05, 0) is 40.2 Å². The van der Waals surface area contributed by atoms with Crippen LogP contribution in [0.5, 0.6) is 0 Å². The van der Waals surface area contributed by atoms with Gasteiger partial charge in [-0.3, -0.25) is 9.59 Å². The van der Waals surface area contributed by atoms with E-state index in [1.165, 1.54) is 5.31 Å². The Balaban J connectivity index is -0.000000532. The smallest absolute Gasteiger partial charge is 0.321 e. The predicted octanol–water partition coefficient (Wildman–Crippen LogP) is 4.67. The number of likely N-dealkylation sites (N-methyl/N-ethyl adjacent to an activating group) is 2. The average molecular weight is 514 g/mol. The molecule has 6 nitrogen and oxygen atoms in total. The van der Waals surface area contributed by atoms with Crippen LogP contribution in [0.15, 0.2) is 72.4 Å². The van der Waals surface area contributed by atoms with Gasteiger partial charge in [0.25, 0.3) is 0 Å². The molecule has 0 bridgehead atoms. The van der Waals surface area contributed by atoms with Crippen LogP contribution in [0, 0.1) is 25.2 Å². The number of aldehydes is 1. The van der Waals surface area contributed by atoms with E-state index in [0.717, 1.165) is 44.3 Å². The van der Waals surface area contributed by atoms with Crippen LogP contribution in [-0.4, -0.2) is 55.0 Å². The first-order valence-corrected chi connectivity index (χ1v) is 12.2. The van der Waals surface area contributed by atoms with Crippen molar-refractivity contribution in [1.82, 2.24) is 15.5 Å². The Morgan fingerprint density at radius 2 is 1.97 bits per heavy atom. The molecular weight excluding hydrogens is 469 g/mol. The van der Waals surface area contributed by atoms with Gasteiger partial charge in [0.15, 0.2) is 6.29 Å². The van der Waals surface area contributed by atoms with Crippen molar-refractivity contribution in [3.63, 3.8) is 0 Å². The maximum atomic E-state index is 11.0. The Morgan fingerprint density at radius 1 is 1.33 bits per heavy atom. The summed E-state index contributed by atoms with van der Waals surface area (Å²) in [4.78, 5) is 23.7. The lowest BCUT2D eigenvalue weighted by Crippen LogP contribution is -2.36. The maximum absolute atomic E-state index is 11.0. The van der Waals surface area contributed by atoms with Gasteiger partial charge in [0.2, 0.25) is 0 Å². The standard InChI is InChI=1S/C13H21N2O2P.C11H17NO.C3H4.C2H2/c1-14-12(13(16)17)9-10-5-3-2-4-6-11(18)7-8-15-10;1-4-7-8-11(10-13)12(6-3)9-5-2;1-3-2;1-2/h2,4-5,7,12,14-15H,3,6,8-9,18H2,1H3,(H,16,17);4-5,8,10H,1-2,6-7,9H2,3H3;1H,2H3;1-2H/b4-2-,10-5-,11-7+;11-8-;;/t12-;;;/m1.../s1. The number of hydrogen-bond donors (Lipinski definition) is 3. The first-order valence-electron chi connectivity index (χ1n) is 11.6. The molecule has 0 spiro atoms. The summed E-state index contributed by atoms with van der Waals surface area (Å²) in [5.74, 6) is 1.43. The van der Waals surface area contributed by atoms with Gasteiger partial charge in [0, 0.05) is 31.8 Å². The second kappa shape index (κ2) is 27.9. The van der Waals surface area contributed by atoms with Gasteiger partial charge >= 0.3 is 5.97 Å². The molecule has 1 aliphatic rings. The third kappa shape index (κ3) is 21.2. The zero-order valence-electron chi connectivity index (χ0n) is 22.1. The predicted molar refractivity (Wildman–Crippen MR) is 158 cm³/mol. The van der Waals surface area contributed by atoms with Crippen molar-refractivity contribution in [3.8, 4) is 25.2 Å². The third-order valence-corrected chi connectivity index (χ3v) is 4.97. The molecule has 0 radical (unpaired) electrons. The fourth-order valence-electron chi connectivity index (χ4n) is 2.71. The molecule has 1 heterocycles. The molecule has 0 amide bonds. The zero-order chi connectivity index (χ0) is 28.2.